The van der Waals surface area contributed by atoms with Crippen LogP contribution < -0.4 is 10.6 Å². The Hall–Kier alpha value is -3.15. The lowest BCUT2D eigenvalue weighted by Crippen LogP contribution is -2.19. The largest absolute Gasteiger partial charge is 0.436 e. The number of benzene rings is 2. The molecular weight excluding hydrogens is 342 g/mol. The molecule has 0 bridgehead atoms. The van der Waals surface area contributed by atoms with Crippen molar-refractivity contribution in [3.63, 3.8) is 0 Å². The molecule has 2 amide bonds. The van der Waals surface area contributed by atoms with Crippen LogP contribution in [0.4, 0.5) is 11.4 Å². The summed E-state index contributed by atoms with van der Waals surface area (Å²) in [5, 5.41) is 5.74. The molecule has 2 N–H and O–H groups in total. The minimum atomic E-state index is -0.160. The maximum Gasteiger partial charge on any atom is 0.227 e. The van der Waals surface area contributed by atoms with Gasteiger partial charge in [0.1, 0.15) is 5.52 Å². The van der Waals surface area contributed by atoms with E-state index in [0.29, 0.717) is 28.4 Å². The molecular formula is C21H23N3O3. The minimum absolute atomic E-state index is 0.106. The van der Waals surface area contributed by atoms with Crippen molar-refractivity contribution in [3.8, 4) is 11.5 Å². The highest BCUT2D eigenvalue weighted by molar-refractivity contribution is 5.96. The smallest absolute Gasteiger partial charge is 0.227 e. The second-order valence-corrected chi connectivity index (χ2v) is 7.07. The molecule has 6 heteroatoms. The third-order valence-corrected chi connectivity index (χ3v) is 4.06. The Bertz CT molecular complexity index is 916. The molecule has 0 aliphatic carbocycles. The maximum absolute atomic E-state index is 12.1. The van der Waals surface area contributed by atoms with Gasteiger partial charge in [0.05, 0.1) is 0 Å². The Morgan fingerprint density at radius 2 is 1.44 bits per heavy atom. The van der Waals surface area contributed by atoms with Crippen LogP contribution in [0.2, 0.25) is 0 Å². The number of hydrogen-bond acceptors (Lipinski definition) is 4. The first-order valence-corrected chi connectivity index (χ1v) is 8.96. The van der Waals surface area contributed by atoms with Crippen molar-refractivity contribution >= 4 is 34.3 Å². The fourth-order valence-corrected chi connectivity index (χ4v) is 2.46. The highest BCUT2D eigenvalue weighted by Gasteiger charge is 2.15. The van der Waals surface area contributed by atoms with E-state index < -0.39 is 0 Å². The highest BCUT2D eigenvalue weighted by atomic mass is 16.3. The van der Waals surface area contributed by atoms with Gasteiger partial charge in [-0.1, -0.05) is 39.8 Å². The minimum Gasteiger partial charge on any atom is -0.436 e. The SMILES string of the molecule is CC(C)C(=O)Nc1cc(NC(=O)C(C)C)cc(-c2nc3ccccc3o2)c1. The quantitative estimate of drug-likeness (QED) is 0.687. The summed E-state index contributed by atoms with van der Waals surface area (Å²) in [6.45, 7) is 7.28. The average Bonchev–Trinajstić information content (AvgIpc) is 3.05. The summed E-state index contributed by atoms with van der Waals surface area (Å²) in [5.41, 5.74) is 3.25. The zero-order valence-corrected chi connectivity index (χ0v) is 15.9. The summed E-state index contributed by atoms with van der Waals surface area (Å²) in [7, 11) is 0. The van der Waals surface area contributed by atoms with Crippen molar-refractivity contribution in [2.24, 2.45) is 11.8 Å². The first-order chi connectivity index (χ1) is 12.8. The summed E-state index contributed by atoms with van der Waals surface area (Å²) < 4.78 is 5.83. The molecule has 0 saturated heterocycles. The molecule has 2 aromatic carbocycles. The van der Waals surface area contributed by atoms with Crippen LogP contribution in [0.15, 0.2) is 46.9 Å². The second kappa shape index (κ2) is 7.61. The number of para-hydroxylation sites is 2. The Morgan fingerprint density at radius 1 is 0.889 bits per heavy atom. The van der Waals surface area contributed by atoms with Crippen LogP contribution in [0.3, 0.4) is 0 Å². The number of carbonyl (C=O) groups excluding carboxylic acids is 2. The van der Waals surface area contributed by atoms with Crippen molar-refractivity contribution in [1.82, 2.24) is 4.98 Å². The molecule has 3 rings (SSSR count). The number of aromatic nitrogens is 1. The highest BCUT2D eigenvalue weighted by Crippen LogP contribution is 2.30. The van der Waals surface area contributed by atoms with E-state index in [2.05, 4.69) is 15.6 Å². The average molecular weight is 365 g/mol. The fraction of sp³-hybridized carbons (Fsp3) is 0.286. The van der Waals surface area contributed by atoms with E-state index in [0.717, 1.165) is 5.52 Å². The van der Waals surface area contributed by atoms with Crippen molar-refractivity contribution in [2.45, 2.75) is 27.7 Å². The van der Waals surface area contributed by atoms with Gasteiger partial charge in [0, 0.05) is 28.8 Å². The van der Waals surface area contributed by atoms with Crippen LogP contribution in [0, 0.1) is 11.8 Å². The predicted molar refractivity (Wildman–Crippen MR) is 106 cm³/mol. The number of fused-ring (bicyclic) bond motifs is 1. The van der Waals surface area contributed by atoms with Crippen LogP contribution in [-0.4, -0.2) is 16.8 Å². The maximum atomic E-state index is 12.1. The first-order valence-electron chi connectivity index (χ1n) is 8.96. The molecule has 0 radical (unpaired) electrons. The van der Waals surface area contributed by atoms with Gasteiger partial charge in [-0.15, -0.1) is 0 Å². The molecule has 140 valence electrons. The predicted octanol–water partition coefficient (Wildman–Crippen LogP) is 4.68. The number of rotatable bonds is 5. The van der Waals surface area contributed by atoms with Crippen LogP contribution in [0.1, 0.15) is 27.7 Å². The summed E-state index contributed by atoms with van der Waals surface area (Å²) in [6, 6.07) is 12.8. The zero-order chi connectivity index (χ0) is 19.6. The van der Waals surface area contributed by atoms with E-state index in [-0.39, 0.29) is 23.7 Å². The second-order valence-electron chi connectivity index (χ2n) is 7.07. The molecule has 0 aliphatic heterocycles. The van der Waals surface area contributed by atoms with Gasteiger partial charge in [-0.25, -0.2) is 4.98 Å². The molecule has 0 saturated carbocycles. The van der Waals surface area contributed by atoms with Crippen LogP contribution in [-0.2, 0) is 9.59 Å². The molecule has 0 aliphatic rings. The molecule has 1 aromatic heterocycles. The Balaban J connectivity index is 2.02. The van der Waals surface area contributed by atoms with Gasteiger partial charge in [-0.2, -0.15) is 0 Å². The molecule has 0 atom stereocenters. The van der Waals surface area contributed by atoms with Crippen LogP contribution in [0.25, 0.3) is 22.6 Å². The van der Waals surface area contributed by atoms with Crippen LogP contribution >= 0.6 is 0 Å². The Kier molecular flexibility index (Phi) is 5.26. The van der Waals surface area contributed by atoms with Gasteiger partial charge < -0.3 is 15.1 Å². The fourth-order valence-electron chi connectivity index (χ4n) is 2.46. The van der Waals surface area contributed by atoms with E-state index >= 15 is 0 Å². The van der Waals surface area contributed by atoms with Crippen molar-refractivity contribution in [1.29, 1.82) is 0 Å². The van der Waals surface area contributed by atoms with Gasteiger partial charge in [-0.05, 0) is 30.3 Å². The van der Waals surface area contributed by atoms with E-state index in [1.54, 1.807) is 18.2 Å². The van der Waals surface area contributed by atoms with Gasteiger partial charge in [0.25, 0.3) is 0 Å². The summed E-state index contributed by atoms with van der Waals surface area (Å²) >= 11 is 0. The zero-order valence-electron chi connectivity index (χ0n) is 15.9. The number of nitrogens with zero attached hydrogens (tertiary/aromatic N) is 1. The third kappa shape index (κ3) is 4.34. The molecule has 27 heavy (non-hydrogen) atoms. The molecule has 6 nitrogen and oxygen atoms in total. The van der Waals surface area contributed by atoms with Gasteiger partial charge in [0.15, 0.2) is 5.58 Å². The van der Waals surface area contributed by atoms with Crippen molar-refractivity contribution in [2.75, 3.05) is 10.6 Å². The number of nitrogens with one attached hydrogen (secondary N) is 2. The molecule has 0 unspecified atom stereocenters. The molecule has 0 fully saturated rings. The molecule has 3 aromatic rings. The number of hydrogen-bond donors (Lipinski definition) is 2. The van der Waals surface area contributed by atoms with Gasteiger partial charge >= 0.3 is 0 Å². The normalized spacial score (nSPS) is 11.2. The summed E-state index contributed by atoms with van der Waals surface area (Å²) in [6.07, 6.45) is 0. The third-order valence-electron chi connectivity index (χ3n) is 4.06. The topological polar surface area (TPSA) is 84.2 Å². The van der Waals surface area contributed by atoms with E-state index in [4.69, 9.17) is 4.42 Å². The lowest BCUT2D eigenvalue weighted by atomic mass is 10.1. The Morgan fingerprint density at radius 3 is 1.96 bits per heavy atom. The first kappa shape index (κ1) is 18.6. The summed E-state index contributed by atoms with van der Waals surface area (Å²) in [5.74, 6) is -0.105. The number of carbonyl (C=O) groups is 2. The summed E-state index contributed by atoms with van der Waals surface area (Å²) in [4.78, 5) is 28.7. The number of anilines is 2. The Labute approximate surface area is 158 Å². The van der Waals surface area contributed by atoms with Gasteiger partial charge in [0.2, 0.25) is 17.7 Å². The molecule has 0 spiro atoms. The van der Waals surface area contributed by atoms with Crippen LogP contribution in [0.5, 0.6) is 0 Å². The van der Waals surface area contributed by atoms with E-state index in [1.807, 2.05) is 52.0 Å². The van der Waals surface area contributed by atoms with Gasteiger partial charge in [-0.3, -0.25) is 9.59 Å². The van der Waals surface area contributed by atoms with E-state index in [1.165, 1.54) is 0 Å². The standard InChI is InChI=1S/C21H23N3O3/c1-12(2)19(25)22-15-9-14(10-16(11-15)23-20(26)13(3)4)21-24-17-7-5-6-8-18(17)27-21/h5-13H,1-4H3,(H,22,25)(H,23,26). The monoisotopic (exact) mass is 365 g/mol. The van der Waals surface area contributed by atoms with E-state index in [9.17, 15) is 9.59 Å². The number of amides is 2. The lowest BCUT2D eigenvalue weighted by molar-refractivity contribution is -0.119. The molecule has 1 heterocycles. The number of oxazole rings is 1. The van der Waals surface area contributed by atoms with Crippen molar-refractivity contribution < 1.29 is 14.0 Å². The van der Waals surface area contributed by atoms with Crippen molar-refractivity contribution in [3.05, 3.63) is 42.5 Å². The lowest BCUT2D eigenvalue weighted by Gasteiger charge is -2.13.